The summed E-state index contributed by atoms with van der Waals surface area (Å²) in [6, 6.07) is 18.9. The minimum Gasteiger partial charge on any atom is -0.465 e. The van der Waals surface area contributed by atoms with Gasteiger partial charge < -0.3 is 15.0 Å². The first kappa shape index (κ1) is 25.8. The quantitative estimate of drug-likeness (QED) is 0.322. The maximum Gasteiger partial charge on any atom is 0.418 e. The van der Waals surface area contributed by atoms with Crippen LogP contribution in [0.5, 0.6) is 0 Å². The van der Waals surface area contributed by atoms with Crippen LogP contribution in [0.1, 0.15) is 60.0 Å². The Morgan fingerprint density at radius 2 is 1.54 bits per heavy atom. The summed E-state index contributed by atoms with van der Waals surface area (Å²) in [5.41, 5.74) is 2.47. The van der Waals surface area contributed by atoms with E-state index in [1.165, 1.54) is 57.3 Å². The number of nitrogens with zero attached hydrogens (tertiary/aromatic N) is 1. The number of alkyl halides is 3. The summed E-state index contributed by atoms with van der Waals surface area (Å²) < 4.78 is 47.6. The van der Waals surface area contributed by atoms with Gasteiger partial charge in [0, 0.05) is 18.4 Å². The number of carbonyl (C=O) groups is 1. The summed E-state index contributed by atoms with van der Waals surface area (Å²) in [5, 5.41) is 2.96. The first-order valence-corrected chi connectivity index (χ1v) is 13.6. The van der Waals surface area contributed by atoms with Crippen LogP contribution in [0.2, 0.25) is 0 Å². The van der Waals surface area contributed by atoms with Gasteiger partial charge in [-0.2, -0.15) is 13.2 Å². The highest BCUT2D eigenvalue weighted by atomic mass is 19.4. The van der Waals surface area contributed by atoms with Crippen molar-refractivity contribution in [3.8, 4) is 0 Å². The van der Waals surface area contributed by atoms with Crippen LogP contribution in [0.3, 0.4) is 0 Å². The van der Waals surface area contributed by atoms with Gasteiger partial charge in [-0.25, -0.2) is 4.79 Å². The maximum absolute atomic E-state index is 14.3. The van der Waals surface area contributed by atoms with Crippen LogP contribution >= 0.6 is 0 Å². The zero-order chi connectivity index (χ0) is 27.4. The average molecular weight is 535 g/mol. The Labute approximate surface area is 227 Å². The zero-order valence-electron chi connectivity index (χ0n) is 22.2. The maximum atomic E-state index is 14.3. The molecule has 4 saturated carbocycles. The van der Waals surface area contributed by atoms with Crippen LogP contribution in [-0.2, 0) is 16.3 Å². The largest absolute Gasteiger partial charge is 0.465 e. The van der Waals surface area contributed by atoms with Crippen LogP contribution < -0.4 is 10.2 Å². The lowest BCUT2D eigenvalue weighted by Gasteiger charge is -2.57. The average Bonchev–Trinajstić information content (AvgIpc) is 2.91. The monoisotopic (exact) mass is 534 g/mol. The van der Waals surface area contributed by atoms with Crippen molar-refractivity contribution in [2.75, 3.05) is 24.4 Å². The van der Waals surface area contributed by atoms with Gasteiger partial charge in [0.1, 0.15) is 0 Å². The molecule has 204 valence electrons. The summed E-state index contributed by atoms with van der Waals surface area (Å²) in [6.45, 7) is 0. The van der Waals surface area contributed by atoms with Gasteiger partial charge in [-0.05, 0) is 110 Å². The van der Waals surface area contributed by atoms with Gasteiger partial charge in [0.25, 0.3) is 0 Å². The molecule has 4 fully saturated rings. The molecule has 7 heteroatoms. The van der Waals surface area contributed by atoms with E-state index in [9.17, 15) is 18.0 Å². The Hall–Kier alpha value is -3.48. The number of ether oxygens (including phenoxy) is 1. The number of para-hydroxylation sites is 1. The topological polar surface area (TPSA) is 41.6 Å². The third kappa shape index (κ3) is 4.77. The first-order valence-electron chi connectivity index (χ1n) is 13.6. The third-order valence-electron chi connectivity index (χ3n) is 9.18. The first-order chi connectivity index (χ1) is 18.6. The van der Waals surface area contributed by atoms with Gasteiger partial charge in [0.05, 0.1) is 29.6 Å². The lowest BCUT2D eigenvalue weighted by atomic mass is 9.48. The molecular formula is C32H33F3N2O2. The van der Waals surface area contributed by atoms with Crippen molar-refractivity contribution < 1.29 is 22.7 Å². The second-order valence-electron chi connectivity index (χ2n) is 11.7. The standard InChI is InChI=1S/C32H33F3N2O2/c1-37(25-10-7-23(8-11-25)31-17-20-13-21(18-31)15-22(14-20)19-31)29-12-9-24(16-27(29)32(33,34)35)36-28-6-4-3-5-26(28)30(38)39-2/h3-12,16,20-22,36H,13-15,17-19H2,1-2H3. The highest BCUT2D eigenvalue weighted by Crippen LogP contribution is 2.60. The van der Waals surface area contributed by atoms with Gasteiger partial charge in [-0.15, -0.1) is 0 Å². The van der Waals surface area contributed by atoms with Crippen LogP contribution in [0.25, 0.3) is 0 Å². The molecule has 4 aliphatic carbocycles. The van der Waals surface area contributed by atoms with E-state index in [2.05, 4.69) is 17.4 Å². The van der Waals surface area contributed by atoms with Crippen molar-refractivity contribution in [1.82, 2.24) is 0 Å². The molecule has 0 saturated heterocycles. The summed E-state index contributed by atoms with van der Waals surface area (Å²) in [7, 11) is 2.94. The third-order valence-corrected chi connectivity index (χ3v) is 9.18. The molecule has 0 heterocycles. The van der Waals surface area contributed by atoms with E-state index in [0.29, 0.717) is 11.4 Å². The Balaban J connectivity index is 1.27. The molecule has 3 aromatic carbocycles. The van der Waals surface area contributed by atoms with Crippen molar-refractivity contribution >= 4 is 28.7 Å². The smallest absolute Gasteiger partial charge is 0.418 e. The second-order valence-corrected chi connectivity index (χ2v) is 11.7. The summed E-state index contributed by atoms with van der Waals surface area (Å²) in [4.78, 5) is 13.7. The minimum absolute atomic E-state index is 0.0665. The second kappa shape index (κ2) is 9.61. The fraction of sp³-hybridized carbons (Fsp3) is 0.406. The summed E-state index contributed by atoms with van der Waals surface area (Å²) in [6.07, 6.45) is 3.31. The van der Waals surface area contributed by atoms with Crippen LogP contribution in [0, 0.1) is 17.8 Å². The fourth-order valence-electron chi connectivity index (χ4n) is 7.81. The molecule has 0 spiro atoms. The molecule has 0 aromatic heterocycles. The van der Waals surface area contributed by atoms with E-state index in [1.54, 1.807) is 42.3 Å². The summed E-state index contributed by atoms with van der Waals surface area (Å²) >= 11 is 0. The number of halogens is 3. The number of anilines is 4. The highest BCUT2D eigenvalue weighted by molar-refractivity contribution is 5.96. The molecule has 0 amide bonds. The zero-order valence-corrected chi connectivity index (χ0v) is 22.2. The molecule has 4 aliphatic rings. The Morgan fingerprint density at radius 1 is 0.923 bits per heavy atom. The van der Waals surface area contributed by atoms with Crippen molar-refractivity contribution in [3.05, 3.63) is 83.4 Å². The molecule has 7 rings (SSSR count). The van der Waals surface area contributed by atoms with Crippen molar-refractivity contribution in [2.24, 2.45) is 17.8 Å². The molecule has 3 aromatic rings. The molecule has 1 N–H and O–H groups in total. The molecular weight excluding hydrogens is 501 g/mol. The predicted molar refractivity (Wildman–Crippen MR) is 147 cm³/mol. The number of esters is 1. The fourth-order valence-corrected chi connectivity index (χ4v) is 7.81. The SMILES string of the molecule is COC(=O)c1ccccc1Nc1ccc(N(C)c2ccc(C34CC5CC(CC(C5)C3)C4)cc2)c(C(F)(F)F)c1. The normalized spacial score (nSPS) is 25.4. The van der Waals surface area contributed by atoms with E-state index in [4.69, 9.17) is 4.74 Å². The van der Waals surface area contributed by atoms with E-state index in [0.717, 1.165) is 23.8 Å². The molecule has 0 atom stereocenters. The van der Waals surface area contributed by atoms with Gasteiger partial charge in [-0.1, -0.05) is 24.3 Å². The van der Waals surface area contributed by atoms with Crippen LogP contribution in [0.15, 0.2) is 66.7 Å². The Kier molecular flexibility index (Phi) is 6.35. The van der Waals surface area contributed by atoms with E-state index < -0.39 is 17.7 Å². The molecule has 39 heavy (non-hydrogen) atoms. The van der Waals surface area contributed by atoms with Gasteiger partial charge >= 0.3 is 12.1 Å². The number of methoxy groups -OCH3 is 1. The van der Waals surface area contributed by atoms with Gasteiger partial charge in [0.15, 0.2) is 0 Å². The summed E-state index contributed by atoms with van der Waals surface area (Å²) in [5.74, 6) is 1.93. The van der Waals surface area contributed by atoms with Crippen molar-refractivity contribution in [2.45, 2.75) is 50.1 Å². The lowest BCUT2D eigenvalue weighted by molar-refractivity contribution is -0.137. The number of nitrogens with one attached hydrogen (secondary N) is 1. The Morgan fingerprint density at radius 3 is 2.13 bits per heavy atom. The number of hydrogen-bond acceptors (Lipinski definition) is 4. The molecule has 4 bridgehead atoms. The number of carbonyl (C=O) groups excluding carboxylic acids is 1. The van der Waals surface area contributed by atoms with Crippen molar-refractivity contribution in [1.29, 1.82) is 0 Å². The predicted octanol–water partition coefficient (Wildman–Crippen LogP) is 8.47. The Bertz CT molecular complexity index is 1350. The highest BCUT2D eigenvalue weighted by Gasteiger charge is 2.51. The number of hydrogen-bond donors (Lipinski definition) is 1. The molecule has 0 aliphatic heterocycles. The molecule has 0 radical (unpaired) electrons. The lowest BCUT2D eigenvalue weighted by Crippen LogP contribution is -2.48. The molecule has 0 unspecified atom stereocenters. The van der Waals surface area contributed by atoms with E-state index >= 15 is 0 Å². The van der Waals surface area contributed by atoms with Gasteiger partial charge in [0.2, 0.25) is 0 Å². The van der Waals surface area contributed by atoms with Crippen LogP contribution in [-0.4, -0.2) is 20.1 Å². The van der Waals surface area contributed by atoms with Crippen molar-refractivity contribution in [3.63, 3.8) is 0 Å². The minimum atomic E-state index is -4.57. The molecule has 4 nitrogen and oxygen atoms in total. The van der Waals surface area contributed by atoms with Gasteiger partial charge in [-0.3, -0.25) is 0 Å². The number of benzene rings is 3. The van der Waals surface area contributed by atoms with E-state index in [-0.39, 0.29) is 22.4 Å². The van der Waals surface area contributed by atoms with E-state index in [1.807, 2.05) is 12.1 Å². The van der Waals surface area contributed by atoms with Crippen LogP contribution in [0.4, 0.5) is 35.9 Å². The number of rotatable bonds is 6.